The summed E-state index contributed by atoms with van der Waals surface area (Å²) in [4.78, 5) is 4.15. The van der Waals surface area contributed by atoms with Gasteiger partial charge in [0, 0.05) is 18.7 Å². The molecule has 0 saturated carbocycles. The fraction of sp³-hybridized carbons (Fsp3) is 0.250. The second-order valence-corrected chi connectivity index (χ2v) is 4.65. The van der Waals surface area contributed by atoms with Crippen molar-refractivity contribution in [1.82, 2.24) is 9.55 Å². The Labute approximate surface area is 117 Å². The fourth-order valence-electron chi connectivity index (χ4n) is 1.85. The summed E-state index contributed by atoms with van der Waals surface area (Å²) in [7, 11) is 2.97. The lowest BCUT2D eigenvalue weighted by atomic mass is 10.1. The van der Waals surface area contributed by atoms with Gasteiger partial charge in [-0.3, -0.25) is 0 Å². The highest BCUT2D eigenvalue weighted by Crippen LogP contribution is 2.33. The number of benzene rings is 1. The lowest BCUT2D eigenvalue weighted by Gasteiger charge is -2.09. The second kappa shape index (κ2) is 5.26. The van der Waals surface area contributed by atoms with E-state index in [-0.39, 0.29) is 17.9 Å². The van der Waals surface area contributed by atoms with Crippen LogP contribution in [0.1, 0.15) is 5.82 Å². The highest BCUT2D eigenvalue weighted by Gasteiger charge is 2.19. The molecule has 0 atom stereocenters. The first-order chi connectivity index (χ1) is 8.99. The average molecular weight is 332 g/mol. The number of halogens is 3. The van der Waals surface area contributed by atoms with Gasteiger partial charge in [0.2, 0.25) is 0 Å². The van der Waals surface area contributed by atoms with Gasteiger partial charge in [-0.2, -0.15) is 0 Å². The lowest BCUT2D eigenvalue weighted by molar-refractivity contribution is 0.383. The van der Waals surface area contributed by atoms with E-state index < -0.39 is 11.6 Å². The Balaban J connectivity index is 2.66. The predicted molar refractivity (Wildman–Crippen MR) is 70.7 cm³/mol. The molecular formula is C12H12BrF2N3O. The zero-order chi connectivity index (χ0) is 14.2. The Morgan fingerprint density at radius 3 is 2.58 bits per heavy atom. The minimum Gasteiger partial charge on any atom is -0.494 e. The lowest BCUT2D eigenvalue weighted by Crippen LogP contribution is -2.06. The molecule has 2 aromatic rings. The minimum atomic E-state index is -0.638. The number of nitrogens with zero attached hydrogens (tertiary/aromatic N) is 2. The standard InChI is InChI=1S/C12H12BrF2N3O/c1-18-10(5-16)17-12(13)11(18)6-3-8(15)9(19-2)4-7(6)14/h3-4H,5,16H2,1-2H3. The summed E-state index contributed by atoms with van der Waals surface area (Å²) in [6, 6.07) is 2.09. The molecule has 102 valence electrons. The molecule has 2 rings (SSSR count). The summed E-state index contributed by atoms with van der Waals surface area (Å²) < 4.78 is 34.5. The van der Waals surface area contributed by atoms with E-state index in [1.54, 1.807) is 11.6 Å². The summed E-state index contributed by atoms with van der Waals surface area (Å²) in [5, 5.41) is 0. The van der Waals surface area contributed by atoms with Gasteiger partial charge in [0.15, 0.2) is 11.6 Å². The van der Waals surface area contributed by atoms with Crippen molar-refractivity contribution in [3.8, 4) is 17.0 Å². The van der Waals surface area contributed by atoms with E-state index in [0.29, 0.717) is 16.1 Å². The Hall–Kier alpha value is -1.47. The van der Waals surface area contributed by atoms with Crippen LogP contribution in [0.5, 0.6) is 5.75 Å². The molecule has 0 aliphatic rings. The highest BCUT2D eigenvalue weighted by molar-refractivity contribution is 9.10. The van der Waals surface area contributed by atoms with Crippen molar-refractivity contribution >= 4 is 15.9 Å². The molecule has 4 nitrogen and oxygen atoms in total. The molecule has 1 aromatic carbocycles. The van der Waals surface area contributed by atoms with Crippen molar-refractivity contribution in [2.75, 3.05) is 7.11 Å². The molecule has 0 aliphatic heterocycles. The van der Waals surface area contributed by atoms with Gasteiger partial charge in [-0.05, 0) is 22.0 Å². The molecule has 0 unspecified atom stereocenters. The summed E-state index contributed by atoms with van der Waals surface area (Å²) in [5.74, 6) is -0.803. The number of imidazole rings is 1. The van der Waals surface area contributed by atoms with Gasteiger partial charge in [0.25, 0.3) is 0 Å². The van der Waals surface area contributed by atoms with Crippen molar-refractivity contribution < 1.29 is 13.5 Å². The van der Waals surface area contributed by atoms with E-state index in [1.165, 1.54) is 7.11 Å². The molecule has 0 fully saturated rings. The SMILES string of the molecule is COc1cc(F)c(-c2c(Br)nc(CN)n2C)cc1F. The quantitative estimate of drug-likeness (QED) is 0.940. The van der Waals surface area contributed by atoms with E-state index in [2.05, 4.69) is 20.9 Å². The van der Waals surface area contributed by atoms with Gasteiger partial charge >= 0.3 is 0 Å². The van der Waals surface area contributed by atoms with Gasteiger partial charge in [0.05, 0.1) is 19.3 Å². The first-order valence-electron chi connectivity index (χ1n) is 5.44. The molecule has 0 saturated heterocycles. The Kier molecular flexibility index (Phi) is 3.86. The van der Waals surface area contributed by atoms with Crippen LogP contribution in [0, 0.1) is 11.6 Å². The smallest absolute Gasteiger partial charge is 0.165 e. The maximum Gasteiger partial charge on any atom is 0.165 e. The number of nitrogens with two attached hydrogens (primary N) is 1. The second-order valence-electron chi connectivity index (χ2n) is 3.90. The van der Waals surface area contributed by atoms with Crippen molar-refractivity contribution in [3.05, 3.63) is 34.2 Å². The van der Waals surface area contributed by atoms with E-state index >= 15 is 0 Å². The first-order valence-corrected chi connectivity index (χ1v) is 6.23. The van der Waals surface area contributed by atoms with Gasteiger partial charge in [-0.1, -0.05) is 0 Å². The monoisotopic (exact) mass is 331 g/mol. The number of aromatic nitrogens is 2. The Bertz CT molecular complexity index is 628. The maximum absolute atomic E-state index is 14.0. The molecule has 0 aliphatic carbocycles. The summed E-state index contributed by atoms with van der Waals surface area (Å²) >= 11 is 3.23. The van der Waals surface area contributed by atoms with Crippen molar-refractivity contribution in [1.29, 1.82) is 0 Å². The third kappa shape index (κ3) is 2.35. The number of rotatable bonds is 3. The van der Waals surface area contributed by atoms with Crippen LogP contribution in [0.4, 0.5) is 8.78 Å². The van der Waals surface area contributed by atoms with E-state index in [1.807, 2.05) is 0 Å². The van der Waals surface area contributed by atoms with Crippen LogP contribution in [0.15, 0.2) is 16.7 Å². The predicted octanol–water partition coefficient (Wildman–Crippen LogP) is 2.60. The largest absolute Gasteiger partial charge is 0.494 e. The third-order valence-electron chi connectivity index (χ3n) is 2.82. The molecule has 19 heavy (non-hydrogen) atoms. The molecule has 0 amide bonds. The van der Waals surface area contributed by atoms with Crippen LogP contribution in [-0.4, -0.2) is 16.7 Å². The van der Waals surface area contributed by atoms with Crippen LogP contribution in [0.3, 0.4) is 0 Å². The maximum atomic E-state index is 14.0. The highest BCUT2D eigenvalue weighted by atomic mass is 79.9. The molecule has 2 N–H and O–H groups in total. The van der Waals surface area contributed by atoms with E-state index in [4.69, 9.17) is 10.5 Å². The van der Waals surface area contributed by atoms with Gasteiger partial charge in [0.1, 0.15) is 16.2 Å². The zero-order valence-corrected chi connectivity index (χ0v) is 12.0. The number of ether oxygens (including phenoxy) is 1. The first kappa shape index (κ1) is 14.0. The van der Waals surface area contributed by atoms with E-state index in [0.717, 1.165) is 12.1 Å². The number of hydrogen-bond donors (Lipinski definition) is 1. The van der Waals surface area contributed by atoms with Crippen LogP contribution in [0.25, 0.3) is 11.3 Å². The summed E-state index contributed by atoms with van der Waals surface area (Å²) in [5.41, 5.74) is 6.06. The summed E-state index contributed by atoms with van der Waals surface area (Å²) in [6.45, 7) is 0.204. The van der Waals surface area contributed by atoms with Gasteiger partial charge in [-0.15, -0.1) is 0 Å². The van der Waals surface area contributed by atoms with E-state index in [9.17, 15) is 8.78 Å². The zero-order valence-electron chi connectivity index (χ0n) is 10.4. The van der Waals surface area contributed by atoms with Gasteiger partial charge < -0.3 is 15.0 Å². The number of methoxy groups -OCH3 is 1. The summed E-state index contributed by atoms with van der Waals surface area (Å²) in [6.07, 6.45) is 0. The Morgan fingerprint density at radius 2 is 2.05 bits per heavy atom. The molecule has 0 spiro atoms. The van der Waals surface area contributed by atoms with Crippen LogP contribution < -0.4 is 10.5 Å². The molecule has 7 heteroatoms. The Morgan fingerprint density at radius 1 is 1.37 bits per heavy atom. The third-order valence-corrected chi connectivity index (χ3v) is 3.38. The van der Waals surface area contributed by atoms with Crippen LogP contribution in [0.2, 0.25) is 0 Å². The molecule has 1 aromatic heterocycles. The van der Waals surface area contributed by atoms with Gasteiger partial charge in [-0.25, -0.2) is 13.8 Å². The van der Waals surface area contributed by atoms with Crippen molar-refractivity contribution in [3.63, 3.8) is 0 Å². The topological polar surface area (TPSA) is 53.1 Å². The van der Waals surface area contributed by atoms with Crippen molar-refractivity contribution in [2.24, 2.45) is 12.8 Å². The molecule has 0 bridgehead atoms. The van der Waals surface area contributed by atoms with Crippen molar-refractivity contribution in [2.45, 2.75) is 6.54 Å². The average Bonchev–Trinajstić information content (AvgIpc) is 2.67. The molecular weight excluding hydrogens is 320 g/mol. The fourth-order valence-corrected chi connectivity index (χ4v) is 2.53. The molecule has 1 heterocycles. The normalized spacial score (nSPS) is 10.8. The van der Waals surface area contributed by atoms with Crippen LogP contribution >= 0.6 is 15.9 Å². The van der Waals surface area contributed by atoms with Crippen LogP contribution in [-0.2, 0) is 13.6 Å². The number of hydrogen-bond acceptors (Lipinski definition) is 3. The minimum absolute atomic E-state index is 0.0971. The molecule has 0 radical (unpaired) electrons.